The number of hydrogen-bond donors (Lipinski definition) is 1. The maximum absolute atomic E-state index is 13.0. The summed E-state index contributed by atoms with van der Waals surface area (Å²) >= 11 is 0. The second-order valence-corrected chi connectivity index (χ2v) is 11.1. The van der Waals surface area contributed by atoms with Crippen molar-refractivity contribution in [1.82, 2.24) is 4.90 Å². The molecule has 4 rings (SSSR count). The van der Waals surface area contributed by atoms with Crippen molar-refractivity contribution >= 4 is 17.7 Å². The quantitative estimate of drug-likeness (QED) is 0.286. The molecule has 0 unspecified atom stereocenters. The maximum Gasteiger partial charge on any atom is 0.411 e. The monoisotopic (exact) mass is 544 g/mol. The zero-order chi connectivity index (χ0) is 28.4. The minimum Gasteiger partial charge on any atom is -0.492 e. The molecule has 0 aromatic heterocycles. The lowest BCUT2D eigenvalue weighted by atomic mass is 9.99. The molecule has 0 atom stereocenters. The number of piperidine rings is 1. The topological polar surface area (TPSA) is 77.1 Å². The summed E-state index contributed by atoms with van der Waals surface area (Å²) < 4.78 is 17.1. The molecule has 0 aliphatic carbocycles. The highest BCUT2D eigenvalue weighted by molar-refractivity contribution is 5.92. The predicted molar refractivity (Wildman–Crippen MR) is 158 cm³/mol. The van der Waals surface area contributed by atoms with Crippen LogP contribution in [-0.2, 0) is 20.7 Å². The van der Waals surface area contributed by atoms with Crippen LogP contribution in [0.2, 0.25) is 0 Å². The highest BCUT2D eigenvalue weighted by atomic mass is 16.6. The number of aryl methyl sites for hydroxylation is 1. The average Bonchev–Trinajstić information content (AvgIpc) is 2.93. The lowest BCUT2D eigenvalue weighted by molar-refractivity contribution is -0.154. The van der Waals surface area contributed by atoms with E-state index in [4.69, 9.17) is 14.2 Å². The fourth-order valence-corrected chi connectivity index (χ4v) is 4.71. The van der Waals surface area contributed by atoms with E-state index in [1.54, 1.807) is 0 Å². The minimum absolute atomic E-state index is 0.137. The summed E-state index contributed by atoms with van der Waals surface area (Å²) in [4.78, 5) is 27.5. The highest BCUT2D eigenvalue weighted by Gasteiger charge is 2.23. The molecule has 3 aromatic rings. The molecule has 1 heterocycles. The Labute approximate surface area is 237 Å². The molecule has 212 valence electrons. The Morgan fingerprint density at radius 2 is 1.60 bits per heavy atom. The van der Waals surface area contributed by atoms with Gasteiger partial charge in [0.25, 0.3) is 0 Å². The zero-order valence-electron chi connectivity index (χ0n) is 23.7. The summed E-state index contributed by atoms with van der Waals surface area (Å²) in [5.74, 6) is 0.632. The number of carbonyl (C=O) groups is 2. The first-order valence-electron chi connectivity index (χ1n) is 14.0. The van der Waals surface area contributed by atoms with Crippen LogP contribution < -0.4 is 10.1 Å². The third-order valence-electron chi connectivity index (χ3n) is 6.67. The Hall–Kier alpha value is -3.84. The van der Waals surface area contributed by atoms with Gasteiger partial charge in [-0.15, -0.1) is 0 Å². The Balaban J connectivity index is 1.31. The number of nitrogens with zero attached hydrogens (tertiary/aromatic N) is 1. The third-order valence-corrected chi connectivity index (χ3v) is 6.67. The van der Waals surface area contributed by atoms with Gasteiger partial charge in [0.2, 0.25) is 0 Å². The van der Waals surface area contributed by atoms with Gasteiger partial charge >= 0.3 is 12.1 Å². The first kappa shape index (κ1) is 29.2. The van der Waals surface area contributed by atoms with Crippen LogP contribution >= 0.6 is 0 Å². The van der Waals surface area contributed by atoms with E-state index < -0.39 is 11.7 Å². The van der Waals surface area contributed by atoms with Gasteiger partial charge in [0, 0.05) is 31.6 Å². The van der Waals surface area contributed by atoms with Gasteiger partial charge in [0.05, 0.1) is 5.69 Å². The van der Waals surface area contributed by atoms with Crippen LogP contribution in [0.4, 0.5) is 10.5 Å². The molecule has 1 saturated heterocycles. The van der Waals surface area contributed by atoms with Gasteiger partial charge in [-0.1, -0.05) is 60.7 Å². The molecule has 7 nitrogen and oxygen atoms in total. The van der Waals surface area contributed by atoms with Crippen molar-refractivity contribution in [1.29, 1.82) is 0 Å². The fourth-order valence-electron chi connectivity index (χ4n) is 4.71. The lowest BCUT2D eigenvalue weighted by Crippen LogP contribution is -2.40. The van der Waals surface area contributed by atoms with E-state index in [0.717, 1.165) is 54.9 Å². The number of esters is 1. The lowest BCUT2D eigenvalue weighted by Gasteiger charge is -2.31. The number of hydrogen-bond acceptors (Lipinski definition) is 6. The molecule has 1 aliphatic heterocycles. The van der Waals surface area contributed by atoms with Crippen molar-refractivity contribution in [2.45, 2.75) is 58.2 Å². The van der Waals surface area contributed by atoms with E-state index in [1.807, 2.05) is 99.6 Å². The number of rotatable bonds is 10. The number of para-hydroxylation sites is 1. The van der Waals surface area contributed by atoms with Gasteiger partial charge in [0.1, 0.15) is 24.1 Å². The first-order valence-corrected chi connectivity index (χ1v) is 14.0. The van der Waals surface area contributed by atoms with Crippen LogP contribution in [0.5, 0.6) is 5.75 Å². The molecule has 1 N–H and O–H groups in total. The summed E-state index contributed by atoms with van der Waals surface area (Å²) in [6.07, 6.45) is 1.73. The van der Waals surface area contributed by atoms with Gasteiger partial charge in [-0.05, 0) is 69.4 Å². The van der Waals surface area contributed by atoms with Gasteiger partial charge in [0.15, 0.2) is 0 Å². The van der Waals surface area contributed by atoms with Crippen LogP contribution in [0.3, 0.4) is 0 Å². The van der Waals surface area contributed by atoms with Crippen molar-refractivity contribution in [3.8, 4) is 16.9 Å². The molecule has 1 amide bonds. The summed E-state index contributed by atoms with van der Waals surface area (Å²) in [7, 11) is 0. The smallest absolute Gasteiger partial charge is 0.411 e. The minimum atomic E-state index is -0.517. The van der Waals surface area contributed by atoms with Crippen LogP contribution in [0, 0.1) is 0 Å². The van der Waals surface area contributed by atoms with Crippen molar-refractivity contribution in [2.75, 3.05) is 31.6 Å². The van der Waals surface area contributed by atoms with Crippen LogP contribution in [0.1, 0.15) is 45.6 Å². The Morgan fingerprint density at radius 3 is 2.27 bits per heavy atom. The SMILES string of the molecule is CC(C)(C)OC(=O)CCc1ccc(-c2ccccc2)c(NC(=O)OC2CCN(CCOc3ccccc3)CC2)c1. The van der Waals surface area contributed by atoms with Gasteiger partial charge in [-0.25, -0.2) is 4.79 Å². The molecule has 3 aromatic carbocycles. The third kappa shape index (κ3) is 9.42. The molecule has 0 saturated carbocycles. The molecule has 0 bridgehead atoms. The van der Waals surface area contributed by atoms with Gasteiger partial charge < -0.3 is 14.2 Å². The molecule has 1 aliphatic rings. The summed E-state index contributed by atoms with van der Waals surface area (Å²) in [6.45, 7) is 8.75. The number of anilines is 1. The Kier molecular flexibility index (Phi) is 10.2. The number of amides is 1. The van der Waals surface area contributed by atoms with E-state index in [-0.39, 0.29) is 18.5 Å². The highest BCUT2D eigenvalue weighted by Crippen LogP contribution is 2.30. The van der Waals surface area contributed by atoms with E-state index in [9.17, 15) is 9.59 Å². The average molecular weight is 545 g/mol. The van der Waals surface area contributed by atoms with Crippen molar-refractivity contribution < 1.29 is 23.8 Å². The number of nitrogens with one attached hydrogen (secondary N) is 1. The second kappa shape index (κ2) is 14.0. The molecular weight excluding hydrogens is 504 g/mol. The number of likely N-dealkylation sites (tertiary alicyclic amines) is 1. The van der Waals surface area contributed by atoms with Crippen LogP contribution in [-0.4, -0.2) is 54.9 Å². The molecule has 0 radical (unpaired) electrons. The second-order valence-electron chi connectivity index (χ2n) is 11.1. The largest absolute Gasteiger partial charge is 0.492 e. The molecule has 0 spiro atoms. The molecule has 1 fully saturated rings. The van der Waals surface area contributed by atoms with E-state index in [1.165, 1.54) is 0 Å². The van der Waals surface area contributed by atoms with Crippen molar-refractivity contribution in [3.63, 3.8) is 0 Å². The van der Waals surface area contributed by atoms with E-state index >= 15 is 0 Å². The first-order chi connectivity index (χ1) is 19.2. The number of ether oxygens (including phenoxy) is 3. The number of carbonyl (C=O) groups excluding carboxylic acids is 2. The summed E-state index contributed by atoms with van der Waals surface area (Å²) in [6, 6.07) is 25.6. The Bertz CT molecular complexity index is 1230. The summed E-state index contributed by atoms with van der Waals surface area (Å²) in [5.41, 5.74) is 2.96. The summed E-state index contributed by atoms with van der Waals surface area (Å²) in [5, 5.41) is 2.98. The van der Waals surface area contributed by atoms with Gasteiger partial charge in [-0.3, -0.25) is 15.0 Å². The molecule has 40 heavy (non-hydrogen) atoms. The normalized spacial score (nSPS) is 14.4. The Morgan fingerprint density at radius 1 is 0.925 bits per heavy atom. The molecule has 7 heteroatoms. The van der Waals surface area contributed by atoms with Crippen LogP contribution in [0.25, 0.3) is 11.1 Å². The van der Waals surface area contributed by atoms with Crippen molar-refractivity contribution in [3.05, 3.63) is 84.4 Å². The standard InChI is InChI=1S/C33H40N2O5/c1-33(2,3)40-31(36)17-15-25-14-16-29(26-10-6-4-7-11-26)30(24-25)34-32(37)39-28-18-20-35(21-19-28)22-23-38-27-12-8-5-9-13-27/h4-14,16,24,28H,15,17-23H2,1-3H3,(H,34,37). The van der Waals surface area contributed by atoms with E-state index in [0.29, 0.717) is 18.7 Å². The predicted octanol–water partition coefficient (Wildman–Crippen LogP) is 6.72. The zero-order valence-corrected chi connectivity index (χ0v) is 23.7. The van der Waals surface area contributed by atoms with Crippen molar-refractivity contribution in [2.24, 2.45) is 0 Å². The maximum atomic E-state index is 13.0. The fraction of sp³-hybridized carbons (Fsp3) is 0.394. The molecular formula is C33H40N2O5. The number of benzene rings is 3. The van der Waals surface area contributed by atoms with Gasteiger partial charge in [-0.2, -0.15) is 0 Å². The van der Waals surface area contributed by atoms with E-state index in [2.05, 4.69) is 10.2 Å². The van der Waals surface area contributed by atoms with Crippen LogP contribution in [0.15, 0.2) is 78.9 Å².